The molecule has 1 aliphatic carbocycles. The van der Waals surface area contributed by atoms with Crippen molar-refractivity contribution in [2.75, 3.05) is 6.54 Å². The average Bonchev–Trinajstić information content (AvgIpc) is 3.27. The van der Waals surface area contributed by atoms with Crippen LogP contribution in [0.3, 0.4) is 0 Å². The highest BCUT2D eigenvalue weighted by Gasteiger charge is 2.35. The van der Waals surface area contributed by atoms with Crippen molar-refractivity contribution in [3.63, 3.8) is 0 Å². The van der Waals surface area contributed by atoms with Crippen molar-refractivity contribution in [3.8, 4) is 0 Å². The zero-order valence-corrected chi connectivity index (χ0v) is 13.6. The Balaban J connectivity index is 1.60. The Kier molecular flexibility index (Phi) is 3.47. The molecule has 1 saturated heterocycles. The number of rotatable bonds is 3. The molecule has 6 nitrogen and oxygen atoms in total. The van der Waals surface area contributed by atoms with Crippen LogP contribution in [0.4, 0.5) is 0 Å². The maximum Gasteiger partial charge on any atom is 0.275 e. The number of H-pyrrole nitrogens is 1. The quantitative estimate of drug-likeness (QED) is 0.945. The van der Waals surface area contributed by atoms with E-state index in [1.807, 2.05) is 11.0 Å². The minimum absolute atomic E-state index is 0.00695. The van der Waals surface area contributed by atoms with Gasteiger partial charge in [0.05, 0.1) is 6.04 Å². The summed E-state index contributed by atoms with van der Waals surface area (Å²) in [5.41, 5.74) is 3.72. The van der Waals surface area contributed by atoms with Crippen molar-refractivity contribution in [2.24, 2.45) is 0 Å². The van der Waals surface area contributed by atoms with Gasteiger partial charge < -0.3 is 9.42 Å². The van der Waals surface area contributed by atoms with Gasteiger partial charge in [-0.3, -0.25) is 9.89 Å². The molecule has 0 radical (unpaired) electrons. The molecular weight excluding hydrogens is 292 g/mol. The first kappa shape index (κ1) is 14.5. The van der Waals surface area contributed by atoms with Crippen LogP contribution < -0.4 is 0 Å². The second-order valence-corrected chi connectivity index (χ2v) is 6.85. The molecule has 0 spiro atoms. The summed E-state index contributed by atoms with van der Waals surface area (Å²) in [6.45, 7) is 4.92. The molecule has 122 valence electrons. The molecule has 1 fully saturated rings. The van der Waals surface area contributed by atoms with Crippen molar-refractivity contribution in [1.82, 2.24) is 20.3 Å². The van der Waals surface area contributed by atoms with Gasteiger partial charge in [-0.25, -0.2) is 0 Å². The number of carbonyl (C=O) groups is 1. The Bertz CT molecular complexity index is 731. The maximum atomic E-state index is 13.0. The molecule has 1 amide bonds. The molecule has 2 aliphatic rings. The van der Waals surface area contributed by atoms with E-state index in [1.54, 1.807) is 0 Å². The summed E-state index contributed by atoms with van der Waals surface area (Å²) in [5.74, 6) is 1.21. The van der Waals surface area contributed by atoms with Crippen LogP contribution in [0.2, 0.25) is 0 Å². The molecule has 3 heterocycles. The van der Waals surface area contributed by atoms with Crippen LogP contribution in [0.25, 0.3) is 0 Å². The molecule has 1 atom stereocenters. The predicted octanol–water partition coefficient (Wildman–Crippen LogP) is 2.99. The van der Waals surface area contributed by atoms with Crippen molar-refractivity contribution in [2.45, 2.75) is 57.9 Å². The van der Waals surface area contributed by atoms with Crippen LogP contribution in [0.1, 0.15) is 78.3 Å². The topological polar surface area (TPSA) is 75.0 Å². The Labute approximate surface area is 135 Å². The van der Waals surface area contributed by atoms with Gasteiger partial charge in [0.1, 0.15) is 11.5 Å². The molecule has 0 aromatic carbocycles. The van der Waals surface area contributed by atoms with E-state index in [9.17, 15) is 4.79 Å². The van der Waals surface area contributed by atoms with E-state index in [2.05, 4.69) is 29.2 Å². The van der Waals surface area contributed by atoms with Crippen molar-refractivity contribution < 1.29 is 9.32 Å². The van der Waals surface area contributed by atoms with E-state index in [4.69, 9.17) is 4.52 Å². The van der Waals surface area contributed by atoms with Gasteiger partial charge in [0, 0.05) is 29.8 Å². The second kappa shape index (κ2) is 5.51. The first-order chi connectivity index (χ1) is 11.1. The lowest BCUT2D eigenvalue weighted by molar-refractivity contribution is 0.0723. The number of nitrogens with one attached hydrogen (secondary N) is 1. The number of nitrogens with zero attached hydrogens (tertiary/aromatic N) is 3. The van der Waals surface area contributed by atoms with E-state index in [0.717, 1.165) is 61.4 Å². The van der Waals surface area contributed by atoms with Crippen LogP contribution in [-0.2, 0) is 12.8 Å². The molecule has 0 saturated carbocycles. The molecule has 0 bridgehead atoms. The highest BCUT2D eigenvalue weighted by atomic mass is 16.5. The first-order valence-corrected chi connectivity index (χ1v) is 8.48. The molecule has 1 N–H and O–H groups in total. The smallest absolute Gasteiger partial charge is 0.275 e. The summed E-state index contributed by atoms with van der Waals surface area (Å²) >= 11 is 0. The third-order valence-corrected chi connectivity index (χ3v) is 4.98. The molecule has 23 heavy (non-hydrogen) atoms. The Morgan fingerprint density at radius 3 is 3.04 bits per heavy atom. The minimum atomic E-state index is 0.00695. The second-order valence-electron chi connectivity index (χ2n) is 6.85. The zero-order chi connectivity index (χ0) is 16.0. The maximum absolute atomic E-state index is 13.0. The zero-order valence-electron chi connectivity index (χ0n) is 13.6. The fourth-order valence-corrected chi connectivity index (χ4v) is 3.68. The van der Waals surface area contributed by atoms with Gasteiger partial charge in [-0.1, -0.05) is 19.0 Å². The third kappa shape index (κ3) is 2.36. The summed E-state index contributed by atoms with van der Waals surface area (Å²) in [6.07, 6.45) is 4.98. The summed E-state index contributed by atoms with van der Waals surface area (Å²) in [6, 6.07) is 2.00. The molecule has 2 aromatic rings. The highest BCUT2D eigenvalue weighted by molar-refractivity contribution is 5.94. The molecule has 6 heteroatoms. The highest BCUT2D eigenvalue weighted by Crippen LogP contribution is 2.35. The van der Waals surface area contributed by atoms with Gasteiger partial charge in [-0.05, 0) is 32.1 Å². The van der Waals surface area contributed by atoms with Crippen LogP contribution in [0, 0.1) is 0 Å². The van der Waals surface area contributed by atoms with Crippen LogP contribution in [0.15, 0.2) is 10.6 Å². The SMILES string of the molecule is CC(C)c1cc([C@H]2CCCN2C(=O)c2n[nH]c3c2CCC3)no1. The van der Waals surface area contributed by atoms with E-state index in [0.29, 0.717) is 11.6 Å². The normalized spacial score (nSPS) is 20.5. The summed E-state index contributed by atoms with van der Waals surface area (Å²) in [7, 11) is 0. The summed E-state index contributed by atoms with van der Waals surface area (Å²) in [4.78, 5) is 14.9. The fourth-order valence-electron chi connectivity index (χ4n) is 3.68. The van der Waals surface area contributed by atoms with Crippen molar-refractivity contribution >= 4 is 5.91 Å². The molecule has 1 aliphatic heterocycles. The van der Waals surface area contributed by atoms with Gasteiger partial charge >= 0.3 is 0 Å². The Morgan fingerprint density at radius 2 is 2.26 bits per heavy atom. The van der Waals surface area contributed by atoms with E-state index in [-0.39, 0.29) is 11.9 Å². The number of hydrogen-bond donors (Lipinski definition) is 1. The van der Waals surface area contributed by atoms with Gasteiger partial charge in [-0.15, -0.1) is 0 Å². The van der Waals surface area contributed by atoms with Gasteiger partial charge in [-0.2, -0.15) is 5.10 Å². The minimum Gasteiger partial charge on any atom is -0.361 e. The predicted molar refractivity (Wildman–Crippen MR) is 84.2 cm³/mol. The lowest BCUT2D eigenvalue weighted by Crippen LogP contribution is -2.31. The summed E-state index contributed by atoms with van der Waals surface area (Å²) < 4.78 is 5.42. The van der Waals surface area contributed by atoms with Gasteiger partial charge in [0.15, 0.2) is 5.69 Å². The first-order valence-electron chi connectivity index (χ1n) is 8.48. The number of hydrogen-bond acceptors (Lipinski definition) is 4. The largest absolute Gasteiger partial charge is 0.361 e. The number of aromatic amines is 1. The molecular formula is C17H22N4O2. The molecule has 2 aromatic heterocycles. The van der Waals surface area contributed by atoms with E-state index < -0.39 is 0 Å². The number of amides is 1. The molecule has 4 rings (SSSR count). The standard InChI is InChI=1S/C17H22N4O2/c1-10(2)15-9-13(20-23-15)14-7-4-8-21(14)17(22)16-11-5-3-6-12(11)18-19-16/h9-10,14H,3-8H2,1-2H3,(H,18,19)/t14-/m1/s1. The van der Waals surface area contributed by atoms with Crippen LogP contribution in [0.5, 0.6) is 0 Å². The number of aromatic nitrogens is 3. The summed E-state index contributed by atoms with van der Waals surface area (Å²) in [5, 5.41) is 11.5. The third-order valence-electron chi connectivity index (χ3n) is 4.98. The Hall–Kier alpha value is -2.11. The number of likely N-dealkylation sites (tertiary alicyclic amines) is 1. The monoisotopic (exact) mass is 314 g/mol. The van der Waals surface area contributed by atoms with Crippen LogP contribution >= 0.6 is 0 Å². The van der Waals surface area contributed by atoms with Crippen molar-refractivity contribution in [1.29, 1.82) is 0 Å². The fraction of sp³-hybridized carbons (Fsp3) is 0.588. The number of fused-ring (bicyclic) bond motifs is 1. The molecule has 0 unspecified atom stereocenters. The lowest BCUT2D eigenvalue weighted by atomic mass is 10.1. The van der Waals surface area contributed by atoms with Crippen LogP contribution in [-0.4, -0.2) is 32.7 Å². The number of aryl methyl sites for hydroxylation is 1. The van der Waals surface area contributed by atoms with Gasteiger partial charge in [0.2, 0.25) is 0 Å². The van der Waals surface area contributed by atoms with Crippen molar-refractivity contribution in [3.05, 3.63) is 34.5 Å². The van der Waals surface area contributed by atoms with E-state index >= 15 is 0 Å². The number of carbonyl (C=O) groups excluding carboxylic acids is 1. The Morgan fingerprint density at radius 1 is 1.39 bits per heavy atom. The van der Waals surface area contributed by atoms with Gasteiger partial charge in [0.25, 0.3) is 5.91 Å². The lowest BCUT2D eigenvalue weighted by Gasteiger charge is -2.22. The van der Waals surface area contributed by atoms with E-state index in [1.165, 1.54) is 0 Å². The average molecular weight is 314 g/mol.